The van der Waals surface area contributed by atoms with Crippen molar-refractivity contribution in [1.29, 1.82) is 0 Å². The van der Waals surface area contributed by atoms with Crippen LogP contribution >= 0.6 is 11.8 Å². The summed E-state index contributed by atoms with van der Waals surface area (Å²) in [5.41, 5.74) is 4.18. The van der Waals surface area contributed by atoms with E-state index in [4.69, 9.17) is 0 Å². The fourth-order valence-corrected chi connectivity index (χ4v) is 2.75. The molecule has 0 aliphatic heterocycles. The Kier molecular flexibility index (Phi) is 6.88. The van der Waals surface area contributed by atoms with Crippen molar-refractivity contribution in [2.75, 3.05) is 16.8 Å². The van der Waals surface area contributed by atoms with E-state index >= 15 is 0 Å². The lowest BCUT2D eigenvalue weighted by molar-refractivity contribution is -0.118. The van der Waals surface area contributed by atoms with E-state index in [1.54, 1.807) is 0 Å². The third kappa shape index (κ3) is 6.08. The van der Waals surface area contributed by atoms with Crippen LogP contribution in [0, 0.1) is 13.8 Å². The van der Waals surface area contributed by atoms with Crippen LogP contribution in [0.4, 0.5) is 5.69 Å². The lowest BCUT2D eigenvalue weighted by Crippen LogP contribution is -2.25. The number of carbonyl (C=O) groups excluding carboxylic acids is 2. The van der Waals surface area contributed by atoms with Crippen molar-refractivity contribution in [2.45, 2.75) is 20.4 Å². The Balaban J connectivity index is 1.66. The van der Waals surface area contributed by atoms with Gasteiger partial charge >= 0.3 is 0 Å². The van der Waals surface area contributed by atoms with Gasteiger partial charge in [0, 0.05) is 12.2 Å². The van der Waals surface area contributed by atoms with Crippen molar-refractivity contribution in [3.8, 4) is 0 Å². The van der Waals surface area contributed by atoms with Gasteiger partial charge in [-0.2, -0.15) is 0 Å². The summed E-state index contributed by atoms with van der Waals surface area (Å²) in [6.07, 6.45) is 0. The average Bonchev–Trinajstić information content (AvgIpc) is 2.57. The minimum absolute atomic E-state index is 0.0668. The maximum Gasteiger partial charge on any atom is 0.234 e. The smallest absolute Gasteiger partial charge is 0.234 e. The number of amides is 2. The van der Waals surface area contributed by atoms with Crippen LogP contribution in [-0.4, -0.2) is 23.3 Å². The molecule has 0 saturated carbocycles. The maximum atomic E-state index is 11.9. The van der Waals surface area contributed by atoms with E-state index in [2.05, 4.69) is 10.6 Å². The van der Waals surface area contributed by atoms with Crippen LogP contribution in [0.1, 0.15) is 16.7 Å². The second-order valence-corrected chi connectivity index (χ2v) is 6.59. The standard InChI is InChI=1S/C19H22N2O2S/c1-14-8-9-17(10-15(14)2)21-19(23)13-24-12-18(22)20-11-16-6-4-3-5-7-16/h3-10H,11-13H2,1-2H3,(H,20,22)(H,21,23). The van der Waals surface area contributed by atoms with Gasteiger partial charge in [-0.15, -0.1) is 11.8 Å². The SMILES string of the molecule is Cc1ccc(NC(=O)CSCC(=O)NCc2ccccc2)cc1C. The van der Waals surface area contributed by atoms with Crippen molar-refractivity contribution in [3.05, 3.63) is 65.2 Å². The van der Waals surface area contributed by atoms with Crippen LogP contribution in [0.2, 0.25) is 0 Å². The normalized spacial score (nSPS) is 10.2. The molecule has 0 bridgehead atoms. The summed E-state index contributed by atoms with van der Waals surface area (Å²) in [5, 5.41) is 5.69. The van der Waals surface area contributed by atoms with Crippen LogP contribution in [0.3, 0.4) is 0 Å². The number of carbonyl (C=O) groups is 2. The van der Waals surface area contributed by atoms with Gasteiger partial charge in [-0.3, -0.25) is 9.59 Å². The fourth-order valence-electron chi connectivity index (χ4n) is 2.10. The lowest BCUT2D eigenvalue weighted by atomic mass is 10.1. The van der Waals surface area contributed by atoms with E-state index in [9.17, 15) is 9.59 Å². The highest BCUT2D eigenvalue weighted by Crippen LogP contribution is 2.14. The second-order valence-electron chi connectivity index (χ2n) is 5.60. The molecule has 0 radical (unpaired) electrons. The number of hydrogen-bond donors (Lipinski definition) is 2. The minimum Gasteiger partial charge on any atom is -0.351 e. The summed E-state index contributed by atoms with van der Waals surface area (Å²) in [6, 6.07) is 15.6. The second kappa shape index (κ2) is 9.13. The van der Waals surface area contributed by atoms with Gasteiger partial charge in [0.25, 0.3) is 0 Å². The van der Waals surface area contributed by atoms with Gasteiger partial charge in [-0.25, -0.2) is 0 Å². The van der Waals surface area contributed by atoms with Crippen LogP contribution in [0.25, 0.3) is 0 Å². The number of anilines is 1. The molecular weight excluding hydrogens is 320 g/mol. The Bertz CT molecular complexity index is 702. The highest BCUT2D eigenvalue weighted by Gasteiger charge is 2.06. The summed E-state index contributed by atoms with van der Waals surface area (Å²) in [7, 11) is 0. The summed E-state index contributed by atoms with van der Waals surface area (Å²) in [4.78, 5) is 23.7. The van der Waals surface area contributed by atoms with Gasteiger partial charge in [-0.1, -0.05) is 36.4 Å². The molecule has 0 aromatic heterocycles. The van der Waals surface area contributed by atoms with Gasteiger partial charge in [0.05, 0.1) is 11.5 Å². The molecule has 0 saturated heterocycles. The van der Waals surface area contributed by atoms with Crippen LogP contribution in [0.15, 0.2) is 48.5 Å². The number of thioether (sulfide) groups is 1. The predicted octanol–water partition coefficient (Wildman–Crippen LogP) is 3.29. The van der Waals surface area contributed by atoms with E-state index in [-0.39, 0.29) is 23.3 Å². The molecule has 2 amide bonds. The molecule has 2 N–H and O–H groups in total. The predicted molar refractivity (Wildman–Crippen MR) is 100 cm³/mol. The van der Waals surface area contributed by atoms with Gasteiger partial charge in [0.1, 0.15) is 0 Å². The number of aryl methyl sites for hydroxylation is 2. The number of rotatable bonds is 7. The van der Waals surface area contributed by atoms with E-state index in [0.717, 1.165) is 16.8 Å². The molecule has 0 heterocycles. The molecule has 126 valence electrons. The van der Waals surface area contributed by atoms with Crippen molar-refractivity contribution < 1.29 is 9.59 Å². The van der Waals surface area contributed by atoms with Gasteiger partial charge in [-0.05, 0) is 42.7 Å². The highest BCUT2D eigenvalue weighted by molar-refractivity contribution is 8.00. The number of hydrogen-bond acceptors (Lipinski definition) is 3. The van der Waals surface area contributed by atoms with Gasteiger partial charge < -0.3 is 10.6 Å². The van der Waals surface area contributed by atoms with E-state index < -0.39 is 0 Å². The van der Waals surface area contributed by atoms with E-state index in [0.29, 0.717) is 6.54 Å². The molecule has 0 aliphatic carbocycles. The topological polar surface area (TPSA) is 58.2 Å². The zero-order chi connectivity index (χ0) is 17.4. The molecule has 24 heavy (non-hydrogen) atoms. The summed E-state index contributed by atoms with van der Waals surface area (Å²) >= 11 is 1.31. The molecular formula is C19H22N2O2S. The summed E-state index contributed by atoms with van der Waals surface area (Å²) in [6.45, 7) is 4.55. The zero-order valence-corrected chi connectivity index (χ0v) is 14.8. The Morgan fingerprint density at radius 2 is 1.62 bits per heavy atom. The Morgan fingerprint density at radius 1 is 0.917 bits per heavy atom. The van der Waals surface area contributed by atoms with Gasteiger partial charge in [0.15, 0.2) is 0 Å². The fraction of sp³-hybridized carbons (Fsp3) is 0.263. The molecule has 5 heteroatoms. The lowest BCUT2D eigenvalue weighted by Gasteiger charge is -2.08. The van der Waals surface area contributed by atoms with Crippen LogP contribution in [-0.2, 0) is 16.1 Å². The molecule has 0 atom stereocenters. The number of benzene rings is 2. The van der Waals surface area contributed by atoms with Crippen LogP contribution in [0.5, 0.6) is 0 Å². The first-order valence-corrected chi connectivity index (χ1v) is 8.95. The van der Waals surface area contributed by atoms with Gasteiger partial charge in [0.2, 0.25) is 11.8 Å². The third-order valence-corrected chi connectivity index (χ3v) is 4.52. The minimum atomic E-state index is -0.0980. The molecule has 2 aromatic carbocycles. The number of nitrogens with one attached hydrogen (secondary N) is 2. The first-order valence-electron chi connectivity index (χ1n) is 7.80. The van der Waals surface area contributed by atoms with Crippen molar-refractivity contribution in [3.63, 3.8) is 0 Å². The Hall–Kier alpha value is -2.27. The van der Waals surface area contributed by atoms with Crippen LogP contribution < -0.4 is 10.6 Å². The molecule has 0 spiro atoms. The molecule has 0 fully saturated rings. The molecule has 0 unspecified atom stereocenters. The first-order chi connectivity index (χ1) is 11.5. The van der Waals surface area contributed by atoms with E-state index in [1.165, 1.54) is 17.3 Å². The third-order valence-electron chi connectivity index (χ3n) is 3.59. The largest absolute Gasteiger partial charge is 0.351 e. The summed E-state index contributed by atoms with van der Waals surface area (Å²) in [5.74, 6) is 0.362. The Labute approximate surface area is 147 Å². The first kappa shape index (κ1) is 18.1. The Morgan fingerprint density at radius 3 is 2.33 bits per heavy atom. The maximum absolute atomic E-state index is 11.9. The monoisotopic (exact) mass is 342 g/mol. The molecule has 0 aliphatic rings. The van der Waals surface area contributed by atoms with Crippen molar-refractivity contribution in [2.24, 2.45) is 0 Å². The zero-order valence-electron chi connectivity index (χ0n) is 14.0. The van der Waals surface area contributed by atoms with Crippen molar-refractivity contribution in [1.82, 2.24) is 5.32 Å². The highest BCUT2D eigenvalue weighted by atomic mass is 32.2. The summed E-state index contributed by atoms with van der Waals surface area (Å²) < 4.78 is 0. The van der Waals surface area contributed by atoms with Crippen molar-refractivity contribution >= 4 is 29.3 Å². The van der Waals surface area contributed by atoms with E-state index in [1.807, 2.05) is 62.4 Å². The molecule has 2 aromatic rings. The average molecular weight is 342 g/mol. The molecule has 4 nitrogen and oxygen atoms in total. The quantitative estimate of drug-likeness (QED) is 0.812. The molecule has 2 rings (SSSR count).